The predicted molar refractivity (Wildman–Crippen MR) is 118 cm³/mol. The van der Waals surface area contributed by atoms with Crippen molar-refractivity contribution in [1.82, 2.24) is 9.97 Å². The summed E-state index contributed by atoms with van der Waals surface area (Å²) in [4.78, 5) is 11.7. The third-order valence-electron chi connectivity index (χ3n) is 5.17. The van der Waals surface area contributed by atoms with Crippen molar-refractivity contribution in [2.24, 2.45) is 0 Å². The minimum Gasteiger partial charge on any atom is -0.325 e. The van der Waals surface area contributed by atoms with Gasteiger partial charge in [0.15, 0.2) is 0 Å². The quantitative estimate of drug-likeness (QED) is 0.633. The second kappa shape index (κ2) is 8.06. The molecular formula is C24H20N6. The van der Waals surface area contributed by atoms with Crippen LogP contribution in [0.4, 0.5) is 23.1 Å². The van der Waals surface area contributed by atoms with Gasteiger partial charge in [0.1, 0.15) is 5.82 Å². The van der Waals surface area contributed by atoms with Crippen LogP contribution in [0.5, 0.6) is 0 Å². The zero-order valence-corrected chi connectivity index (χ0v) is 16.8. The molecule has 1 aliphatic heterocycles. The Morgan fingerprint density at radius 2 is 1.87 bits per heavy atom. The summed E-state index contributed by atoms with van der Waals surface area (Å²) in [5, 5.41) is 20.9. The van der Waals surface area contributed by atoms with Gasteiger partial charge in [-0.2, -0.15) is 15.5 Å². The van der Waals surface area contributed by atoms with E-state index in [1.807, 2.05) is 31.2 Å². The number of nitrogens with zero attached hydrogens (tertiary/aromatic N) is 5. The second-order valence-electron chi connectivity index (χ2n) is 7.16. The first-order chi connectivity index (χ1) is 14.6. The van der Waals surface area contributed by atoms with Gasteiger partial charge in [0.05, 0.1) is 17.7 Å². The van der Waals surface area contributed by atoms with E-state index in [0.717, 1.165) is 52.5 Å². The van der Waals surface area contributed by atoms with Crippen molar-refractivity contribution < 1.29 is 0 Å². The van der Waals surface area contributed by atoms with Crippen molar-refractivity contribution in [2.45, 2.75) is 20.3 Å². The predicted octanol–water partition coefficient (Wildman–Crippen LogP) is 4.94. The molecule has 0 atom stereocenters. The number of fused-ring (bicyclic) bond motifs is 1. The molecule has 3 aromatic rings. The number of anilines is 4. The summed E-state index contributed by atoms with van der Waals surface area (Å²) in [6, 6.07) is 17.5. The number of rotatable bonds is 4. The van der Waals surface area contributed by atoms with E-state index in [0.29, 0.717) is 11.5 Å². The minimum absolute atomic E-state index is 0.536. The van der Waals surface area contributed by atoms with Gasteiger partial charge in [0, 0.05) is 35.3 Å². The molecule has 30 heavy (non-hydrogen) atoms. The van der Waals surface area contributed by atoms with Crippen molar-refractivity contribution in [1.29, 1.82) is 10.5 Å². The van der Waals surface area contributed by atoms with Crippen LogP contribution in [0.1, 0.15) is 27.9 Å². The molecule has 0 aliphatic carbocycles. The number of hydrogen-bond acceptors (Lipinski definition) is 6. The van der Waals surface area contributed by atoms with E-state index in [9.17, 15) is 0 Å². The van der Waals surface area contributed by atoms with Crippen molar-refractivity contribution in [3.05, 3.63) is 76.5 Å². The summed E-state index contributed by atoms with van der Waals surface area (Å²) >= 11 is 0. The van der Waals surface area contributed by atoms with Crippen LogP contribution in [0.2, 0.25) is 0 Å². The van der Waals surface area contributed by atoms with Gasteiger partial charge in [-0.3, -0.25) is 0 Å². The van der Waals surface area contributed by atoms with Crippen molar-refractivity contribution >= 4 is 29.2 Å². The van der Waals surface area contributed by atoms with E-state index >= 15 is 0 Å². The van der Waals surface area contributed by atoms with E-state index < -0.39 is 0 Å². The Kier molecular flexibility index (Phi) is 5.15. The van der Waals surface area contributed by atoms with Crippen LogP contribution in [0.3, 0.4) is 0 Å². The molecule has 0 amide bonds. The maximum atomic E-state index is 8.96. The molecular weight excluding hydrogens is 372 g/mol. The third kappa shape index (κ3) is 3.72. The molecule has 2 aromatic carbocycles. The zero-order valence-electron chi connectivity index (χ0n) is 16.8. The fraction of sp³-hybridized carbons (Fsp3) is 0.167. The molecule has 0 radical (unpaired) electrons. The Morgan fingerprint density at radius 1 is 1.07 bits per heavy atom. The maximum Gasteiger partial charge on any atom is 0.229 e. The number of aryl methyl sites for hydroxylation is 2. The fourth-order valence-corrected chi connectivity index (χ4v) is 3.69. The van der Waals surface area contributed by atoms with Gasteiger partial charge in [0.25, 0.3) is 0 Å². The van der Waals surface area contributed by atoms with E-state index in [2.05, 4.69) is 40.3 Å². The van der Waals surface area contributed by atoms with Crippen molar-refractivity contribution in [2.75, 3.05) is 16.8 Å². The van der Waals surface area contributed by atoms with Crippen LogP contribution in [0.25, 0.3) is 6.08 Å². The normalized spacial score (nSPS) is 12.5. The molecule has 146 valence electrons. The number of nitriles is 2. The highest BCUT2D eigenvalue weighted by Gasteiger charge is 2.26. The molecule has 0 bridgehead atoms. The SMILES string of the molecule is Cc1cc(C=CC#N)ccc1N1CCc2c(C)nc(Nc3ccc(C#N)cc3)nc21. The first-order valence-electron chi connectivity index (χ1n) is 9.68. The Morgan fingerprint density at radius 3 is 2.57 bits per heavy atom. The molecule has 6 heteroatoms. The van der Waals surface area contributed by atoms with Gasteiger partial charge in [-0.15, -0.1) is 0 Å². The second-order valence-corrected chi connectivity index (χ2v) is 7.16. The molecule has 4 rings (SSSR count). The zero-order chi connectivity index (χ0) is 21.1. The van der Waals surface area contributed by atoms with Crippen molar-refractivity contribution in [3.8, 4) is 12.1 Å². The van der Waals surface area contributed by atoms with E-state index in [1.54, 1.807) is 18.2 Å². The van der Waals surface area contributed by atoms with Gasteiger partial charge in [-0.05, 0) is 73.9 Å². The molecule has 1 N–H and O–H groups in total. The molecule has 2 heterocycles. The Hall–Kier alpha value is -4.16. The van der Waals surface area contributed by atoms with Gasteiger partial charge in [0.2, 0.25) is 5.95 Å². The summed E-state index contributed by atoms with van der Waals surface area (Å²) in [6.45, 7) is 4.93. The number of hydrogen-bond donors (Lipinski definition) is 1. The van der Waals surface area contributed by atoms with Crippen LogP contribution >= 0.6 is 0 Å². The molecule has 1 aromatic heterocycles. The van der Waals surface area contributed by atoms with Crippen LogP contribution in [0, 0.1) is 36.5 Å². The van der Waals surface area contributed by atoms with Gasteiger partial charge >= 0.3 is 0 Å². The van der Waals surface area contributed by atoms with E-state index in [1.165, 1.54) is 6.08 Å². The fourth-order valence-electron chi connectivity index (χ4n) is 3.69. The summed E-state index contributed by atoms with van der Waals surface area (Å²) in [5.74, 6) is 1.45. The first kappa shape index (κ1) is 19.2. The smallest absolute Gasteiger partial charge is 0.229 e. The summed E-state index contributed by atoms with van der Waals surface area (Å²) in [5.41, 5.74) is 6.80. The van der Waals surface area contributed by atoms with E-state index in [-0.39, 0.29) is 0 Å². The molecule has 1 aliphatic rings. The van der Waals surface area contributed by atoms with E-state index in [4.69, 9.17) is 15.5 Å². The van der Waals surface area contributed by atoms with Gasteiger partial charge in [-0.1, -0.05) is 6.07 Å². The summed E-state index contributed by atoms with van der Waals surface area (Å²) < 4.78 is 0. The lowest BCUT2D eigenvalue weighted by atomic mass is 10.1. The molecule has 0 spiro atoms. The topological polar surface area (TPSA) is 88.6 Å². The summed E-state index contributed by atoms with van der Waals surface area (Å²) in [7, 11) is 0. The first-order valence-corrected chi connectivity index (χ1v) is 9.68. The molecule has 0 fully saturated rings. The molecule has 6 nitrogen and oxygen atoms in total. The highest BCUT2D eigenvalue weighted by molar-refractivity contribution is 5.72. The number of benzene rings is 2. The van der Waals surface area contributed by atoms with Gasteiger partial charge in [-0.25, -0.2) is 4.98 Å². The monoisotopic (exact) mass is 392 g/mol. The number of aromatic nitrogens is 2. The lowest BCUT2D eigenvalue weighted by molar-refractivity contribution is 0.981. The Bertz CT molecular complexity index is 1210. The maximum absolute atomic E-state index is 8.96. The molecule has 0 saturated carbocycles. The van der Waals surface area contributed by atoms with Crippen LogP contribution in [-0.2, 0) is 6.42 Å². The van der Waals surface area contributed by atoms with Gasteiger partial charge < -0.3 is 10.2 Å². The highest BCUT2D eigenvalue weighted by Crippen LogP contribution is 2.37. The standard InChI is InChI=1S/C24H20N6/c1-16-14-18(4-3-12-25)7-10-22(16)30-13-11-21-17(2)27-24(29-23(21)30)28-20-8-5-19(15-26)6-9-20/h3-10,14H,11,13H2,1-2H3,(H,27,28,29). The third-order valence-corrected chi connectivity index (χ3v) is 5.17. The average Bonchev–Trinajstić information content (AvgIpc) is 3.17. The number of allylic oxidation sites excluding steroid dienone is 1. The molecule has 0 unspecified atom stereocenters. The lowest BCUT2D eigenvalue weighted by Gasteiger charge is -2.22. The average molecular weight is 392 g/mol. The highest BCUT2D eigenvalue weighted by atomic mass is 15.3. The molecule has 0 saturated heterocycles. The largest absolute Gasteiger partial charge is 0.325 e. The Labute approximate surface area is 175 Å². The van der Waals surface area contributed by atoms with Crippen molar-refractivity contribution in [3.63, 3.8) is 0 Å². The van der Waals surface area contributed by atoms with Crippen LogP contribution < -0.4 is 10.2 Å². The summed E-state index contributed by atoms with van der Waals surface area (Å²) in [6.07, 6.45) is 4.19. The Balaban J connectivity index is 1.66. The van der Waals surface area contributed by atoms with Crippen LogP contribution in [-0.4, -0.2) is 16.5 Å². The lowest BCUT2D eigenvalue weighted by Crippen LogP contribution is -2.16. The minimum atomic E-state index is 0.536. The van der Waals surface area contributed by atoms with Crippen LogP contribution in [0.15, 0.2) is 48.5 Å². The number of nitrogens with one attached hydrogen (secondary N) is 1.